The van der Waals surface area contributed by atoms with Gasteiger partial charge in [0.1, 0.15) is 5.75 Å². The number of aryl methyl sites for hydroxylation is 1. The van der Waals surface area contributed by atoms with Gasteiger partial charge < -0.3 is 15.4 Å². The monoisotopic (exact) mass is 487 g/mol. The molecule has 150 valence electrons. The van der Waals surface area contributed by atoms with E-state index in [9.17, 15) is 13.2 Å². The molecule has 1 aromatic carbocycles. The fraction of sp³-hybridized carbons (Fsp3) is 0.611. The molecule has 8 heteroatoms. The molecule has 0 heterocycles. The molecular weight excluding hydrogens is 458 g/mol. The molecule has 0 aliphatic carbocycles. The molecule has 26 heavy (non-hydrogen) atoms. The maximum Gasteiger partial charge on any atom is 0.389 e. The Balaban J connectivity index is 0.00000625. The van der Waals surface area contributed by atoms with Gasteiger partial charge >= 0.3 is 6.18 Å². The van der Waals surface area contributed by atoms with Crippen LogP contribution in [0.5, 0.6) is 5.75 Å². The molecule has 0 fully saturated rings. The predicted molar refractivity (Wildman–Crippen MR) is 111 cm³/mol. The molecule has 1 aromatic rings. The Morgan fingerprint density at radius 1 is 1.27 bits per heavy atom. The number of halogens is 4. The summed E-state index contributed by atoms with van der Waals surface area (Å²) in [5, 5.41) is 6.40. The van der Waals surface area contributed by atoms with Crippen molar-refractivity contribution in [3.63, 3.8) is 0 Å². The molecule has 1 atom stereocenters. The van der Waals surface area contributed by atoms with E-state index >= 15 is 0 Å². The van der Waals surface area contributed by atoms with Crippen molar-refractivity contribution in [2.75, 3.05) is 20.2 Å². The second-order valence-corrected chi connectivity index (χ2v) is 5.94. The summed E-state index contributed by atoms with van der Waals surface area (Å²) in [6, 6.07) is 5.89. The van der Waals surface area contributed by atoms with E-state index in [0.29, 0.717) is 25.5 Å². The van der Waals surface area contributed by atoms with E-state index in [1.165, 1.54) is 0 Å². The number of hydrogen-bond acceptors (Lipinski definition) is 2. The molecule has 0 aromatic heterocycles. The molecule has 0 saturated heterocycles. The van der Waals surface area contributed by atoms with Gasteiger partial charge in [0.15, 0.2) is 5.96 Å². The van der Waals surface area contributed by atoms with Crippen LogP contribution in [0.4, 0.5) is 13.2 Å². The molecule has 0 bridgehead atoms. The third-order valence-electron chi connectivity index (χ3n) is 3.69. The van der Waals surface area contributed by atoms with Gasteiger partial charge in [-0.05, 0) is 39.7 Å². The average molecular weight is 487 g/mol. The van der Waals surface area contributed by atoms with Crippen LogP contribution in [0.15, 0.2) is 23.2 Å². The molecule has 0 radical (unpaired) electrons. The van der Waals surface area contributed by atoms with Gasteiger partial charge in [0.05, 0.1) is 13.2 Å². The number of hydrogen-bond donors (Lipinski definition) is 2. The van der Waals surface area contributed by atoms with Crippen LogP contribution in [-0.2, 0) is 0 Å². The lowest BCUT2D eigenvalue weighted by Gasteiger charge is -2.20. The van der Waals surface area contributed by atoms with E-state index in [4.69, 9.17) is 4.74 Å². The van der Waals surface area contributed by atoms with Gasteiger partial charge in [0.2, 0.25) is 0 Å². The van der Waals surface area contributed by atoms with Crippen molar-refractivity contribution < 1.29 is 17.9 Å². The summed E-state index contributed by atoms with van der Waals surface area (Å²) in [5.74, 6) is 1.37. The Kier molecular flexibility index (Phi) is 11.7. The first-order valence-electron chi connectivity index (χ1n) is 8.53. The number of guanidine groups is 1. The van der Waals surface area contributed by atoms with E-state index in [2.05, 4.69) is 15.6 Å². The minimum atomic E-state index is -4.09. The lowest BCUT2D eigenvalue weighted by molar-refractivity contribution is -0.135. The van der Waals surface area contributed by atoms with Gasteiger partial charge in [-0.15, -0.1) is 24.0 Å². The van der Waals surface area contributed by atoms with Crippen molar-refractivity contribution in [3.8, 4) is 5.75 Å². The van der Waals surface area contributed by atoms with Gasteiger partial charge in [-0.25, -0.2) is 0 Å². The average Bonchev–Trinajstić information content (AvgIpc) is 2.53. The second kappa shape index (κ2) is 12.2. The van der Waals surface area contributed by atoms with Gasteiger partial charge in [-0.3, -0.25) is 4.99 Å². The molecule has 0 saturated carbocycles. The minimum Gasteiger partial charge on any atom is -0.496 e. The predicted octanol–water partition coefficient (Wildman–Crippen LogP) is 4.97. The first-order chi connectivity index (χ1) is 11.8. The van der Waals surface area contributed by atoms with Crippen LogP contribution >= 0.6 is 24.0 Å². The van der Waals surface area contributed by atoms with E-state index in [1.54, 1.807) is 7.11 Å². The van der Waals surface area contributed by atoms with Crippen molar-refractivity contribution >= 4 is 29.9 Å². The van der Waals surface area contributed by atoms with E-state index in [0.717, 1.165) is 16.9 Å². The van der Waals surface area contributed by atoms with Crippen LogP contribution < -0.4 is 15.4 Å². The summed E-state index contributed by atoms with van der Waals surface area (Å²) in [5.41, 5.74) is 2.13. The van der Waals surface area contributed by atoms with Gasteiger partial charge in [-0.1, -0.05) is 17.7 Å². The number of rotatable bonds is 8. The summed E-state index contributed by atoms with van der Waals surface area (Å²) < 4.78 is 41.9. The van der Waals surface area contributed by atoms with E-state index in [-0.39, 0.29) is 36.4 Å². The quantitative estimate of drug-likeness (QED) is 0.236. The third-order valence-corrected chi connectivity index (χ3v) is 3.69. The first kappa shape index (κ1) is 24.8. The SMILES string of the molecule is CCNC(=NCCCCC(F)(F)F)NC(C)c1cc(C)ccc1OC.I. The molecule has 1 unspecified atom stereocenters. The molecule has 0 amide bonds. The lowest BCUT2D eigenvalue weighted by atomic mass is 10.0. The van der Waals surface area contributed by atoms with Crippen LogP contribution in [0.2, 0.25) is 0 Å². The number of unbranched alkanes of at least 4 members (excludes halogenated alkanes) is 1. The van der Waals surface area contributed by atoms with Crippen molar-refractivity contribution in [1.82, 2.24) is 10.6 Å². The van der Waals surface area contributed by atoms with Crippen molar-refractivity contribution in [2.24, 2.45) is 4.99 Å². The zero-order chi connectivity index (χ0) is 18.9. The Bertz CT molecular complexity index is 565. The summed E-state index contributed by atoms with van der Waals surface area (Å²) in [6.45, 7) is 6.97. The summed E-state index contributed by atoms with van der Waals surface area (Å²) in [7, 11) is 1.63. The van der Waals surface area contributed by atoms with E-state index in [1.807, 2.05) is 39.0 Å². The van der Waals surface area contributed by atoms with Crippen molar-refractivity contribution in [2.45, 2.75) is 52.3 Å². The van der Waals surface area contributed by atoms with E-state index < -0.39 is 12.6 Å². The van der Waals surface area contributed by atoms with Gasteiger partial charge in [-0.2, -0.15) is 13.2 Å². The topological polar surface area (TPSA) is 45.7 Å². The smallest absolute Gasteiger partial charge is 0.389 e. The number of methoxy groups -OCH3 is 1. The maximum absolute atomic E-state index is 12.2. The Morgan fingerprint density at radius 2 is 1.96 bits per heavy atom. The second-order valence-electron chi connectivity index (χ2n) is 5.94. The summed E-state index contributed by atoms with van der Waals surface area (Å²) in [4.78, 5) is 4.36. The highest BCUT2D eigenvalue weighted by Gasteiger charge is 2.25. The molecule has 0 aliphatic heterocycles. The molecule has 0 aliphatic rings. The molecular formula is C18H29F3IN3O. The summed E-state index contributed by atoms with van der Waals surface area (Å²) in [6.07, 6.45) is -4.36. The van der Waals surface area contributed by atoms with Crippen LogP contribution in [0.25, 0.3) is 0 Å². The van der Waals surface area contributed by atoms with Crippen molar-refractivity contribution in [3.05, 3.63) is 29.3 Å². The number of nitrogens with zero attached hydrogens (tertiary/aromatic N) is 1. The summed E-state index contributed by atoms with van der Waals surface area (Å²) >= 11 is 0. The maximum atomic E-state index is 12.2. The number of benzene rings is 1. The van der Waals surface area contributed by atoms with Gasteiger partial charge in [0, 0.05) is 25.1 Å². The first-order valence-corrected chi connectivity index (χ1v) is 8.53. The fourth-order valence-electron chi connectivity index (χ4n) is 2.42. The zero-order valence-electron chi connectivity index (χ0n) is 15.7. The largest absolute Gasteiger partial charge is 0.496 e. The van der Waals surface area contributed by atoms with Crippen LogP contribution in [-0.4, -0.2) is 32.3 Å². The Labute approximate surface area is 171 Å². The standard InChI is InChI=1S/C18H28F3N3O.HI/c1-5-22-17(23-11-7-6-10-18(19,20)21)24-14(3)15-12-13(2)8-9-16(15)25-4;/h8-9,12,14H,5-7,10-11H2,1-4H3,(H2,22,23,24);1H. The molecule has 2 N–H and O–H groups in total. The van der Waals surface area contributed by atoms with Crippen LogP contribution in [0, 0.1) is 6.92 Å². The minimum absolute atomic E-state index is 0. The third kappa shape index (κ3) is 9.49. The van der Waals surface area contributed by atoms with Crippen molar-refractivity contribution in [1.29, 1.82) is 0 Å². The van der Waals surface area contributed by atoms with Crippen LogP contribution in [0.3, 0.4) is 0 Å². The number of alkyl halides is 3. The highest BCUT2D eigenvalue weighted by Crippen LogP contribution is 2.26. The Morgan fingerprint density at radius 3 is 2.54 bits per heavy atom. The Hall–Kier alpha value is -1.19. The number of nitrogens with one attached hydrogen (secondary N) is 2. The fourth-order valence-corrected chi connectivity index (χ4v) is 2.42. The molecule has 1 rings (SSSR count). The lowest BCUT2D eigenvalue weighted by Crippen LogP contribution is -2.39. The number of aliphatic imine (C=N–C) groups is 1. The van der Waals surface area contributed by atoms with Gasteiger partial charge in [0.25, 0.3) is 0 Å². The molecule has 4 nitrogen and oxygen atoms in total. The number of ether oxygens (including phenoxy) is 1. The normalized spacial score (nSPS) is 13.0. The zero-order valence-corrected chi connectivity index (χ0v) is 18.1. The highest BCUT2D eigenvalue weighted by atomic mass is 127. The van der Waals surface area contributed by atoms with Crippen LogP contribution in [0.1, 0.15) is 50.3 Å². The highest BCUT2D eigenvalue weighted by molar-refractivity contribution is 14.0. The molecule has 0 spiro atoms.